The summed E-state index contributed by atoms with van der Waals surface area (Å²) in [5.74, 6) is 0.813. The Morgan fingerprint density at radius 3 is 2.00 bits per heavy atom. The summed E-state index contributed by atoms with van der Waals surface area (Å²) < 4.78 is 6.39. The van der Waals surface area contributed by atoms with Crippen molar-refractivity contribution in [1.82, 2.24) is 15.0 Å². The van der Waals surface area contributed by atoms with Crippen LogP contribution in [0.1, 0.15) is 78.6 Å². The molecular formula is C44H43IrN3O-2. The Kier molecular flexibility index (Phi) is 11.0. The van der Waals surface area contributed by atoms with Crippen LogP contribution in [0.15, 0.2) is 89.5 Å². The second kappa shape index (κ2) is 15.0. The molecule has 5 heteroatoms. The Labute approximate surface area is 304 Å². The van der Waals surface area contributed by atoms with E-state index in [1.165, 1.54) is 38.9 Å². The van der Waals surface area contributed by atoms with Gasteiger partial charge < -0.3 is 14.4 Å². The van der Waals surface area contributed by atoms with Crippen molar-refractivity contribution >= 4 is 22.1 Å². The summed E-state index contributed by atoms with van der Waals surface area (Å²) in [4.78, 5) is 14.2. The van der Waals surface area contributed by atoms with Crippen LogP contribution in [-0.4, -0.2) is 15.0 Å². The minimum Gasteiger partial charge on any atom is -0.486 e. The van der Waals surface area contributed by atoms with Gasteiger partial charge in [-0.3, -0.25) is 0 Å². The smallest absolute Gasteiger partial charge is 0.216 e. The molecule has 0 fully saturated rings. The van der Waals surface area contributed by atoms with Gasteiger partial charge in [0.1, 0.15) is 0 Å². The Hall–Kier alpha value is -4.44. The minimum absolute atomic E-state index is 0. The van der Waals surface area contributed by atoms with E-state index in [4.69, 9.17) is 14.4 Å². The van der Waals surface area contributed by atoms with E-state index >= 15 is 0 Å². The summed E-state index contributed by atoms with van der Waals surface area (Å²) in [6.07, 6.45) is 1.92. The zero-order chi connectivity index (χ0) is 34.1. The van der Waals surface area contributed by atoms with Gasteiger partial charge in [-0.2, -0.15) is 0 Å². The van der Waals surface area contributed by atoms with Crippen molar-refractivity contribution in [3.8, 4) is 33.8 Å². The Bertz CT molecular complexity index is 2220. The van der Waals surface area contributed by atoms with E-state index in [-0.39, 0.29) is 20.1 Å². The number of hydrogen-bond donors (Lipinski definition) is 0. The first-order chi connectivity index (χ1) is 23.0. The van der Waals surface area contributed by atoms with Crippen LogP contribution < -0.4 is 0 Å². The molecule has 0 amide bonds. The minimum atomic E-state index is 0. The fourth-order valence-corrected chi connectivity index (χ4v) is 6.00. The fourth-order valence-electron chi connectivity index (χ4n) is 6.00. The number of fused-ring (bicyclic) bond motifs is 3. The van der Waals surface area contributed by atoms with Crippen molar-refractivity contribution in [3.63, 3.8) is 0 Å². The van der Waals surface area contributed by atoms with E-state index in [9.17, 15) is 0 Å². The van der Waals surface area contributed by atoms with Gasteiger partial charge in [0.25, 0.3) is 0 Å². The number of nitrogens with zero attached hydrogens (tertiary/aromatic N) is 3. The number of aromatic nitrogens is 3. The molecular weight excluding hydrogens is 779 g/mol. The van der Waals surface area contributed by atoms with Crippen molar-refractivity contribution < 1.29 is 24.5 Å². The number of rotatable bonds is 5. The van der Waals surface area contributed by atoms with E-state index in [2.05, 4.69) is 133 Å². The predicted octanol–water partition coefficient (Wildman–Crippen LogP) is 11.8. The average molecular weight is 822 g/mol. The maximum Gasteiger partial charge on any atom is 0.216 e. The van der Waals surface area contributed by atoms with Gasteiger partial charge in [0.2, 0.25) is 5.71 Å². The van der Waals surface area contributed by atoms with Crippen molar-refractivity contribution in [2.75, 3.05) is 0 Å². The molecule has 0 saturated heterocycles. The van der Waals surface area contributed by atoms with Gasteiger partial charge in [0, 0.05) is 42.9 Å². The van der Waals surface area contributed by atoms with Crippen LogP contribution in [0.25, 0.3) is 55.8 Å². The third-order valence-corrected chi connectivity index (χ3v) is 9.15. The number of hydrogen-bond acceptors (Lipinski definition) is 4. The molecule has 7 rings (SSSR count). The predicted molar refractivity (Wildman–Crippen MR) is 199 cm³/mol. The summed E-state index contributed by atoms with van der Waals surface area (Å²) in [5, 5.41) is 2.06. The van der Waals surface area contributed by atoms with Crippen LogP contribution in [-0.2, 0) is 20.1 Å². The topological polar surface area (TPSA) is 51.8 Å². The molecule has 0 aliphatic rings. The Balaban J connectivity index is 0.000000246. The number of benzene rings is 3. The monoisotopic (exact) mass is 822 g/mol. The molecule has 0 aliphatic heterocycles. The molecule has 0 atom stereocenters. The first-order valence-electron chi connectivity index (χ1n) is 16.8. The van der Waals surface area contributed by atoms with E-state index < -0.39 is 0 Å². The van der Waals surface area contributed by atoms with Crippen LogP contribution in [0, 0.1) is 46.8 Å². The summed E-state index contributed by atoms with van der Waals surface area (Å²) in [5.41, 5.74) is 16.0. The SMILES string of the molecule is Cc1c[c-]c(-c2cc(C)c(C)cn2)cc1.Cc1ccc(-c2[c-]ccc3c2oc2nc(-c4c(C(C)C)cccc4C(C)C)ccc23)nc1C.[Ir]. The molecule has 4 heterocycles. The molecule has 0 saturated carbocycles. The third-order valence-electron chi connectivity index (χ3n) is 9.15. The first-order valence-corrected chi connectivity index (χ1v) is 16.8. The molecule has 3 aromatic carbocycles. The average Bonchev–Trinajstić information content (AvgIpc) is 3.45. The molecule has 0 unspecified atom stereocenters. The summed E-state index contributed by atoms with van der Waals surface area (Å²) in [6.45, 7) is 19.3. The standard InChI is InChI=1S/C30H29N2O.C14H14N.Ir/c1-17(2)21-9-7-10-22(18(3)4)28(21)27-16-14-24-23-11-8-12-25(29(23)33-30(24)32-27)26-15-13-19(5)20(6)31-26;1-10-4-6-13(7-5-10)14-8-11(2)12(3)9-15-14;/h7-11,13-18H,1-6H3;4-6,8-9H,1-3H3;/q2*-1;. The quantitative estimate of drug-likeness (QED) is 0.162. The summed E-state index contributed by atoms with van der Waals surface area (Å²) in [6, 6.07) is 33.8. The molecule has 0 aliphatic carbocycles. The van der Waals surface area contributed by atoms with Crippen LogP contribution in [0.2, 0.25) is 0 Å². The molecule has 7 aromatic rings. The normalized spacial score (nSPS) is 11.2. The molecule has 0 N–H and O–H groups in total. The maximum atomic E-state index is 6.39. The fraction of sp³-hybridized carbons (Fsp3) is 0.250. The van der Waals surface area contributed by atoms with Crippen LogP contribution in [0.3, 0.4) is 0 Å². The van der Waals surface area contributed by atoms with E-state index in [0.717, 1.165) is 50.3 Å². The first kappa shape index (κ1) is 35.9. The van der Waals surface area contributed by atoms with Gasteiger partial charge in [-0.05, 0) is 85.3 Å². The summed E-state index contributed by atoms with van der Waals surface area (Å²) in [7, 11) is 0. The van der Waals surface area contributed by atoms with Gasteiger partial charge in [0.15, 0.2) is 0 Å². The number of aryl methyl sites for hydroxylation is 5. The summed E-state index contributed by atoms with van der Waals surface area (Å²) >= 11 is 0. The molecule has 1 radical (unpaired) electrons. The van der Waals surface area contributed by atoms with Crippen molar-refractivity contribution in [1.29, 1.82) is 0 Å². The third kappa shape index (κ3) is 7.44. The maximum absolute atomic E-state index is 6.39. The molecule has 0 bridgehead atoms. The van der Waals surface area contributed by atoms with Crippen LogP contribution >= 0.6 is 0 Å². The number of pyridine rings is 3. The van der Waals surface area contributed by atoms with Crippen molar-refractivity contribution in [3.05, 3.63) is 136 Å². The Morgan fingerprint density at radius 2 is 1.37 bits per heavy atom. The van der Waals surface area contributed by atoms with E-state index in [1.807, 2.05) is 31.3 Å². The van der Waals surface area contributed by atoms with E-state index in [0.29, 0.717) is 17.5 Å². The van der Waals surface area contributed by atoms with Gasteiger partial charge in [-0.1, -0.05) is 87.5 Å². The van der Waals surface area contributed by atoms with Gasteiger partial charge in [0.05, 0.1) is 11.3 Å². The largest absolute Gasteiger partial charge is 0.486 e. The molecule has 4 nitrogen and oxygen atoms in total. The zero-order valence-electron chi connectivity index (χ0n) is 29.8. The van der Waals surface area contributed by atoms with Crippen LogP contribution in [0.4, 0.5) is 0 Å². The van der Waals surface area contributed by atoms with Gasteiger partial charge in [-0.15, -0.1) is 53.6 Å². The molecule has 0 spiro atoms. The second-order valence-electron chi connectivity index (χ2n) is 13.4. The second-order valence-corrected chi connectivity index (χ2v) is 13.4. The van der Waals surface area contributed by atoms with Gasteiger partial charge in [-0.25, -0.2) is 4.98 Å². The Morgan fingerprint density at radius 1 is 0.653 bits per heavy atom. The molecule has 251 valence electrons. The van der Waals surface area contributed by atoms with Crippen molar-refractivity contribution in [2.45, 2.75) is 74.1 Å². The van der Waals surface area contributed by atoms with Gasteiger partial charge >= 0.3 is 0 Å². The van der Waals surface area contributed by atoms with Crippen molar-refractivity contribution in [2.24, 2.45) is 0 Å². The van der Waals surface area contributed by atoms with E-state index in [1.54, 1.807) is 0 Å². The van der Waals surface area contributed by atoms with Crippen LogP contribution in [0.5, 0.6) is 0 Å². The zero-order valence-corrected chi connectivity index (χ0v) is 32.2. The molecule has 49 heavy (non-hydrogen) atoms. The number of furan rings is 1. The molecule has 4 aromatic heterocycles.